The van der Waals surface area contributed by atoms with Crippen molar-refractivity contribution >= 4 is 59.2 Å². The first-order valence-electron chi connectivity index (χ1n) is 22.6. The van der Waals surface area contributed by atoms with Gasteiger partial charge in [0, 0.05) is 39.5 Å². The lowest BCUT2D eigenvalue weighted by atomic mass is 10.0. The molecule has 0 unspecified atom stereocenters. The number of aromatic hydroxyl groups is 1. The Morgan fingerprint density at radius 2 is 1.19 bits per heavy atom. The summed E-state index contributed by atoms with van der Waals surface area (Å²) in [5, 5.41) is 35.3. The number of carboxylic acids is 1. The lowest BCUT2D eigenvalue weighted by Gasteiger charge is -2.30. The molecule has 2 rings (SSSR count). The first-order valence-corrected chi connectivity index (χ1v) is 22.6. The molecule has 1 aliphatic rings. The third-order valence-corrected chi connectivity index (χ3v) is 10.8. The van der Waals surface area contributed by atoms with Gasteiger partial charge < -0.3 is 75.7 Å². The summed E-state index contributed by atoms with van der Waals surface area (Å²) in [6, 6.07) is -2.68. The molecule has 1 aromatic rings. The van der Waals surface area contributed by atoms with Gasteiger partial charge in [0.25, 0.3) is 0 Å². The molecule has 67 heavy (non-hydrogen) atoms. The molecule has 0 aromatic heterocycles. The Kier molecular flexibility index (Phi) is 24.4. The van der Waals surface area contributed by atoms with Crippen LogP contribution in [-0.4, -0.2) is 143 Å². The number of hydrogen-bond acceptors (Lipinski definition) is 12. The third-order valence-electron chi connectivity index (χ3n) is 10.8. The van der Waals surface area contributed by atoms with Crippen LogP contribution in [0.1, 0.15) is 97.5 Å². The SMILES string of the molecule is CCC[C@H](NC(=O)[C@H](CCCN=C(N)N)NC(=O)[C@@H]1CCCN1C(=O)[C@H](CCCN=C(N)N)NC(C)=O)C(=O)N[C@@H](Cc1ccc(O)cc1)C(=O)N[C@@H](CN)C(=O)N[C@@H](CCC(C)C)C(=O)O. The summed E-state index contributed by atoms with van der Waals surface area (Å²) >= 11 is 0. The van der Waals surface area contributed by atoms with E-state index < -0.39 is 96.2 Å². The molecule has 1 saturated heterocycles. The van der Waals surface area contributed by atoms with Crippen molar-refractivity contribution in [3.05, 3.63) is 29.8 Å². The molecule has 0 bridgehead atoms. The van der Waals surface area contributed by atoms with Gasteiger partial charge in [-0.2, -0.15) is 0 Å². The van der Waals surface area contributed by atoms with Crippen LogP contribution in [0.5, 0.6) is 5.75 Å². The van der Waals surface area contributed by atoms with Gasteiger partial charge in [-0.05, 0) is 81.4 Å². The number of hydrogen-bond donors (Lipinski definition) is 13. The van der Waals surface area contributed by atoms with E-state index in [1.165, 1.54) is 36.1 Å². The van der Waals surface area contributed by atoms with E-state index in [9.17, 15) is 48.6 Å². The topological polar surface area (TPSA) is 407 Å². The Hall–Kier alpha value is -6.72. The molecule has 24 heteroatoms. The summed E-state index contributed by atoms with van der Waals surface area (Å²) in [6.45, 7) is 6.93. The number of likely N-dealkylation sites (tertiary alicyclic amines) is 1. The van der Waals surface area contributed by atoms with E-state index in [1.54, 1.807) is 6.92 Å². The van der Waals surface area contributed by atoms with E-state index in [1.807, 2.05) is 13.8 Å². The fraction of sp³-hybridized carbons (Fsp3) is 0.628. The predicted octanol–water partition coefficient (Wildman–Crippen LogP) is -2.76. The van der Waals surface area contributed by atoms with Crippen molar-refractivity contribution in [3.63, 3.8) is 0 Å². The van der Waals surface area contributed by atoms with Crippen LogP contribution in [0.3, 0.4) is 0 Å². The molecule has 0 saturated carbocycles. The lowest BCUT2D eigenvalue weighted by Crippen LogP contribution is -2.60. The van der Waals surface area contributed by atoms with Crippen LogP contribution in [0, 0.1) is 5.92 Å². The quantitative estimate of drug-likeness (QED) is 0.0220. The number of carbonyl (C=O) groups excluding carboxylic acids is 7. The number of aliphatic imine (C=N–C) groups is 2. The van der Waals surface area contributed by atoms with Crippen LogP contribution in [-0.2, 0) is 44.8 Å². The van der Waals surface area contributed by atoms with Crippen LogP contribution in [0.2, 0.25) is 0 Å². The van der Waals surface area contributed by atoms with Gasteiger partial charge in [0.1, 0.15) is 48.0 Å². The molecule has 1 heterocycles. The average molecular weight is 945 g/mol. The van der Waals surface area contributed by atoms with E-state index in [0.29, 0.717) is 31.2 Å². The highest BCUT2D eigenvalue weighted by molar-refractivity contribution is 5.97. The maximum atomic E-state index is 14.1. The summed E-state index contributed by atoms with van der Waals surface area (Å²) in [6.07, 6.45) is 2.43. The Morgan fingerprint density at radius 1 is 0.687 bits per heavy atom. The highest BCUT2D eigenvalue weighted by Gasteiger charge is 2.39. The van der Waals surface area contributed by atoms with Crippen molar-refractivity contribution in [3.8, 4) is 5.75 Å². The summed E-state index contributed by atoms with van der Waals surface area (Å²) in [7, 11) is 0. The number of nitrogens with two attached hydrogens (primary N) is 5. The minimum Gasteiger partial charge on any atom is -0.508 e. The van der Waals surface area contributed by atoms with E-state index >= 15 is 0 Å². The van der Waals surface area contributed by atoms with Crippen molar-refractivity contribution in [2.45, 2.75) is 141 Å². The Bertz CT molecular complexity index is 1890. The summed E-state index contributed by atoms with van der Waals surface area (Å²) < 4.78 is 0. The third kappa shape index (κ3) is 20.6. The fourth-order valence-corrected chi connectivity index (χ4v) is 7.26. The van der Waals surface area contributed by atoms with Crippen molar-refractivity contribution in [2.24, 2.45) is 44.6 Å². The standard InChI is InChI=1S/C43H72N14O10/c1-5-9-28(35(60)55-32(22-26-14-16-27(59)17-15-26)37(62)56-33(23-44)38(63)54-31(41(66)67)18-13-24(2)3)52-36(61)29(10-6-19-49-42(45)46)53-39(64)34-12-8-21-57(34)40(65)30(51-25(4)58)11-7-20-50-43(47)48/h14-17,24,28-34,59H,5-13,18-23,44H2,1-4H3,(H,51,58)(H,52,61)(H,53,64)(H,54,63)(H,55,60)(H,56,62)(H,66,67)(H4,45,46,49)(H4,47,48,50)/t28-,29-,30-,31-,32-,33-,34-/m0/s1. The first-order chi connectivity index (χ1) is 31.7. The monoisotopic (exact) mass is 945 g/mol. The maximum absolute atomic E-state index is 14.1. The molecule has 1 aromatic carbocycles. The van der Waals surface area contributed by atoms with E-state index in [4.69, 9.17) is 28.7 Å². The minimum atomic E-state index is -1.39. The van der Waals surface area contributed by atoms with E-state index in [0.717, 1.165) is 0 Å². The molecule has 1 fully saturated rings. The summed E-state index contributed by atoms with van der Waals surface area (Å²) in [5.41, 5.74) is 28.2. The van der Waals surface area contributed by atoms with E-state index in [2.05, 4.69) is 41.9 Å². The van der Waals surface area contributed by atoms with Gasteiger partial charge in [-0.15, -0.1) is 0 Å². The molecule has 24 nitrogen and oxygen atoms in total. The van der Waals surface area contributed by atoms with Gasteiger partial charge in [0.2, 0.25) is 41.4 Å². The number of benzene rings is 1. The summed E-state index contributed by atoms with van der Waals surface area (Å²) in [4.78, 5) is 116. The van der Waals surface area contributed by atoms with Gasteiger partial charge in [-0.1, -0.05) is 39.3 Å². The number of aliphatic carboxylic acids is 1. The van der Waals surface area contributed by atoms with Crippen LogP contribution < -0.4 is 60.6 Å². The largest absolute Gasteiger partial charge is 0.508 e. The molecule has 0 radical (unpaired) electrons. The minimum absolute atomic E-state index is 0.00340. The van der Waals surface area contributed by atoms with Gasteiger partial charge in [0.15, 0.2) is 11.9 Å². The Morgan fingerprint density at radius 3 is 1.72 bits per heavy atom. The van der Waals surface area contributed by atoms with E-state index in [-0.39, 0.29) is 88.2 Å². The number of nitrogens with one attached hydrogen (secondary N) is 6. The smallest absolute Gasteiger partial charge is 0.326 e. The lowest BCUT2D eigenvalue weighted by molar-refractivity contribution is -0.142. The molecule has 7 atom stereocenters. The van der Waals surface area contributed by atoms with Crippen molar-refractivity contribution < 1.29 is 48.6 Å². The Labute approximate surface area is 390 Å². The molecule has 374 valence electrons. The second kappa shape index (κ2) is 29.0. The highest BCUT2D eigenvalue weighted by atomic mass is 16.4. The van der Waals surface area contributed by atoms with Crippen LogP contribution in [0.15, 0.2) is 34.3 Å². The van der Waals surface area contributed by atoms with Crippen molar-refractivity contribution in [1.29, 1.82) is 0 Å². The second-order valence-corrected chi connectivity index (χ2v) is 16.9. The number of nitrogens with zero attached hydrogens (tertiary/aromatic N) is 3. The summed E-state index contributed by atoms with van der Waals surface area (Å²) in [5.74, 6) is -6.31. The van der Waals surface area contributed by atoms with Gasteiger partial charge in [-0.3, -0.25) is 43.5 Å². The normalized spacial score (nSPS) is 15.9. The molecular weight excluding hydrogens is 873 g/mol. The number of rotatable bonds is 29. The zero-order chi connectivity index (χ0) is 50.2. The van der Waals surface area contributed by atoms with Gasteiger partial charge in [-0.25, -0.2) is 4.79 Å². The number of guanidine groups is 2. The van der Waals surface area contributed by atoms with Crippen LogP contribution in [0.4, 0.5) is 0 Å². The Balaban J connectivity index is 2.37. The zero-order valence-corrected chi connectivity index (χ0v) is 38.9. The highest BCUT2D eigenvalue weighted by Crippen LogP contribution is 2.21. The number of carbonyl (C=O) groups is 8. The van der Waals surface area contributed by atoms with Crippen molar-refractivity contribution in [2.75, 3.05) is 26.2 Å². The fourth-order valence-electron chi connectivity index (χ4n) is 7.26. The molecule has 0 aliphatic carbocycles. The molecule has 1 aliphatic heterocycles. The predicted molar refractivity (Wildman–Crippen MR) is 249 cm³/mol. The maximum Gasteiger partial charge on any atom is 0.326 e. The van der Waals surface area contributed by atoms with Crippen LogP contribution in [0.25, 0.3) is 0 Å². The second-order valence-electron chi connectivity index (χ2n) is 16.9. The van der Waals surface area contributed by atoms with Crippen LogP contribution >= 0.6 is 0 Å². The number of phenolic OH excluding ortho intramolecular Hbond substituents is 1. The molecule has 7 amide bonds. The average Bonchev–Trinajstić information content (AvgIpc) is 3.76. The first kappa shape index (κ1) is 56.4. The molecule has 0 spiro atoms. The number of carboxylic acid groups (broad SMARTS) is 1. The molecular formula is C43H72N14O10. The molecule has 18 N–H and O–H groups in total. The van der Waals surface area contributed by atoms with Gasteiger partial charge in [0.05, 0.1) is 0 Å². The van der Waals surface area contributed by atoms with Crippen molar-refractivity contribution in [1.82, 2.24) is 36.8 Å². The van der Waals surface area contributed by atoms with Gasteiger partial charge >= 0.3 is 5.97 Å². The number of phenols is 1. The number of amides is 7. The zero-order valence-electron chi connectivity index (χ0n) is 38.9.